The molecule has 0 unspecified atom stereocenters. The van der Waals surface area contributed by atoms with Gasteiger partial charge in [-0.25, -0.2) is 8.78 Å². The number of amides is 2. The van der Waals surface area contributed by atoms with Gasteiger partial charge in [-0.15, -0.1) is 0 Å². The molecular formula is C15H16F2N2O2. The summed E-state index contributed by atoms with van der Waals surface area (Å²) in [6, 6.07) is 3.12. The van der Waals surface area contributed by atoms with E-state index >= 15 is 0 Å². The van der Waals surface area contributed by atoms with Gasteiger partial charge in [0.25, 0.3) is 5.91 Å². The number of halogens is 2. The Morgan fingerprint density at radius 1 is 1.14 bits per heavy atom. The lowest BCUT2D eigenvalue weighted by Crippen LogP contribution is -2.55. The van der Waals surface area contributed by atoms with E-state index in [9.17, 15) is 18.4 Å². The highest BCUT2D eigenvalue weighted by Gasteiger charge is 2.47. The number of carbonyl (C=O) groups is 2. The molecule has 1 aromatic rings. The Morgan fingerprint density at radius 3 is 2.52 bits per heavy atom. The summed E-state index contributed by atoms with van der Waals surface area (Å²) < 4.78 is 27.0. The van der Waals surface area contributed by atoms with Crippen LogP contribution in [0.2, 0.25) is 0 Å². The van der Waals surface area contributed by atoms with Gasteiger partial charge in [0.05, 0.1) is 5.69 Å². The number of nitrogens with one attached hydrogen (secondary N) is 1. The minimum absolute atomic E-state index is 0.0316. The molecule has 4 nitrogen and oxygen atoms in total. The molecule has 0 bridgehead atoms. The van der Waals surface area contributed by atoms with Crippen LogP contribution in [0.5, 0.6) is 0 Å². The first-order valence-corrected chi connectivity index (χ1v) is 7.10. The fourth-order valence-corrected chi connectivity index (χ4v) is 3.20. The second-order valence-corrected chi connectivity index (χ2v) is 5.64. The predicted molar refractivity (Wildman–Crippen MR) is 72.7 cm³/mol. The number of anilines is 1. The molecule has 1 aliphatic heterocycles. The molecule has 2 fully saturated rings. The monoisotopic (exact) mass is 294 g/mol. The predicted octanol–water partition coefficient (Wildman–Crippen LogP) is 2.13. The summed E-state index contributed by atoms with van der Waals surface area (Å²) in [5.74, 6) is -1.97. The first kappa shape index (κ1) is 14.0. The van der Waals surface area contributed by atoms with Crippen LogP contribution in [-0.4, -0.2) is 23.9 Å². The summed E-state index contributed by atoms with van der Waals surface area (Å²) in [6.45, 7) is 0.106. The fraction of sp³-hybridized carbons (Fsp3) is 0.467. The summed E-state index contributed by atoms with van der Waals surface area (Å²) >= 11 is 0. The van der Waals surface area contributed by atoms with Crippen molar-refractivity contribution in [3.05, 3.63) is 29.8 Å². The van der Waals surface area contributed by atoms with Crippen molar-refractivity contribution >= 4 is 17.5 Å². The molecule has 1 aliphatic carbocycles. The molecule has 1 aromatic carbocycles. The molecule has 112 valence electrons. The van der Waals surface area contributed by atoms with E-state index in [0.29, 0.717) is 12.8 Å². The highest BCUT2D eigenvalue weighted by atomic mass is 19.1. The average Bonchev–Trinajstić information content (AvgIpc) is 2.85. The summed E-state index contributed by atoms with van der Waals surface area (Å²) in [5, 5.41) is 2.81. The van der Waals surface area contributed by atoms with Crippen LogP contribution in [0.3, 0.4) is 0 Å². The van der Waals surface area contributed by atoms with Crippen molar-refractivity contribution in [1.29, 1.82) is 0 Å². The maximum absolute atomic E-state index is 14.0. The topological polar surface area (TPSA) is 49.4 Å². The highest BCUT2D eigenvalue weighted by Crippen LogP contribution is 2.35. The van der Waals surface area contributed by atoms with E-state index in [1.54, 1.807) is 0 Å². The molecule has 3 rings (SSSR count). The Morgan fingerprint density at radius 2 is 1.86 bits per heavy atom. The third-order valence-corrected chi connectivity index (χ3v) is 4.25. The van der Waals surface area contributed by atoms with Gasteiger partial charge >= 0.3 is 0 Å². The Hall–Kier alpha value is -1.98. The second-order valence-electron chi connectivity index (χ2n) is 5.64. The van der Waals surface area contributed by atoms with Crippen LogP contribution >= 0.6 is 0 Å². The van der Waals surface area contributed by atoms with Gasteiger partial charge in [-0.05, 0) is 25.0 Å². The van der Waals surface area contributed by atoms with Crippen molar-refractivity contribution in [3.8, 4) is 0 Å². The van der Waals surface area contributed by atoms with Gasteiger partial charge < -0.3 is 10.2 Å². The number of hydrogen-bond donors (Lipinski definition) is 1. The standard InChI is InChI=1S/C15H16F2N2O2/c16-10-3-4-12(11(17)9-10)19-8-5-13(20)18-15(14(19)21)6-1-2-7-15/h3-4,9H,1-2,5-8H2,(H,18,20). The van der Waals surface area contributed by atoms with Crippen LogP contribution in [-0.2, 0) is 9.59 Å². The van der Waals surface area contributed by atoms with E-state index in [4.69, 9.17) is 0 Å². The van der Waals surface area contributed by atoms with Gasteiger partial charge in [0.1, 0.15) is 17.2 Å². The third kappa shape index (κ3) is 2.39. The van der Waals surface area contributed by atoms with E-state index in [2.05, 4.69) is 5.32 Å². The van der Waals surface area contributed by atoms with Crippen LogP contribution in [0.25, 0.3) is 0 Å². The van der Waals surface area contributed by atoms with Gasteiger partial charge in [-0.3, -0.25) is 9.59 Å². The second kappa shape index (κ2) is 5.09. The molecule has 1 heterocycles. The quantitative estimate of drug-likeness (QED) is 0.862. The van der Waals surface area contributed by atoms with Crippen LogP contribution in [0.1, 0.15) is 32.1 Å². The van der Waals surface area contributed by atoms with E-state index in [-0.39, 0.29) is 30.5 Å². The number of hydrogen-bond acceptors (Lipinski definition) is 2. The van der Waals surface area contributed by atoms with Crippen LogP contribution in [0.4, 0.5) is 14.5 Å². The van der Waals surface area contributed by atoms with Crippen molar-refractivity contribution in [2.24, 2.45) is 0 Å². The summed E-state index contributed by atoms with van der Waals surface area (Å²) in [6.07, 6.45) is 2.95. The van der Waals surface area contributed by atoms with E-state index in [0.717, 1.165) is 25.0 Å². The lowest BCUT2D eigenvalue weighted by Gasteiger charge is -2.31. The van der Waals surface area contributed by atoms with E-state index in [1.807, 2.05) is 0 Å². The van der Waals surface area contributed by atoms with Gasteiger partial charge in [0.2, 0.25) is 5.91 Å². The zero-order valence-corrected chi connectivity index (χ0v) is 11.5. The maximum Gasteiger partial charge on any atom is 0.252 e. The summed E-state index contributed by atoms with van der Waals surface area (Å²) in [4.78, 5) is 25.9. The van der Waals surface area contributed by atoms with Gasteiger partial charge in [-0.2, -0.15) is 0 Å². The van der Waals surface area contributed by atoms with Crippen LogP contribution in [0.15, 0.2) is 18.2 Å². The SMILES string of the molecule is O=C1CCN(c2ccc(F)cc2F)C(=O)C2(CCCC2)N1. The fourth-order valence-electron chi connectivity index (χ4n) is 3.20. The number of nitrogens with zero attached hydrogens (tertiary/aromatic N) is 1. The number of benzene rings is 1. The highest BCUT2D eigenvalue weighted by molar-refractivity contribution is 6.04. The Balaban J connectivity index is 2.00. The van der Waals surface area contributed by atoms with E-state index in [1.165, 1.54) is 11.0 Å². The normalized spacial score (nSPS) is 21.5. The van der Waals surface area contributed by atoms with Gasteiger partial charge in [-0.1, -0.05) is 12.8 Å². The molecule has 1 saturated heterocycles. The van der Waals surface area contributed by atoms with Crippen molar-refractivity contribution in [2.75, 3.05) is 11.4 Å². The minimum atomic E-state index is -0.922. The van der Waals surface area contributed by atoms with Crippen molar-refractivity contribution in [1.82, 2.24) is 5.32 Å². The lowest BCUT2D eigenvalue weighted by atomic mass is 9.95. The first-order valence-electron chi connectivity index (χ1n) is 7.10. The van der Waals surface area contributed by atoms with Crippen molar-refractivity contribution < 1.29 is 18.4 Å². The Bertz CT molecular complexity index is 597. The molecule has 1 saturated carbocycles. The molecular weight excluding hydrogens is 278 g/mol. The number of carbonyl (C=O) groups excluding carboxylic acids is 2. The first-order chi connectivity index (χ1) is 10.0. The van der Waals surface area contributed by atoms with Crippen molar-refractivity contribution in [3.63, 3.8) is 0 Å². The molecule has 1 N–H and O–H groups in total. The summed E-state index contributed by atoms with van der Waals surface area (Å²) in [5.41, 5.74) is -0.891. The number of rotatable bonds is 1. The molecule has 0 radical (unpaired) electrons. The lowest BCUT2D eigenvalue weighted by molar-refractivity contribution is -0.129. The molecule has 1 spiro atoms. The Labute approximate surface area is 121 Å². The maximum atomic E-state index is 14.0. The average molecular weight is 294 g/mol. The van der Waals surface area contributed by atoms with Gasteiger partial charge in [0.15, 0.2) is 0 Å². The summed E-state index contributed by atoms with van der Waals surface area (Å²) in [7, 11) is 0. The van der Waals surface area contributed by atoms with Gasteiger partial charge in [0, 0.05) is 19.0 Å². The zero-order chi connectivity index (χ0) is 15.0. The zero-order valence-electron chi connectivity index (χ0n) is 11.5. The molecule has 6 heteroatoms. The molecule has 21 heavy (non-hydrogen) atoms. The molecule has 0 aromatic heterocycles. The van der Waals surface area contributed by atoms with E-state index < -0.39 is 17.2 Å². The molecule has 2 aliphatic rings. The largest absolute Gasteiger partial charge is 0.342 e. The smallest absolute Gasteiger partial charge is 0.252 e. The Kier molecular flexibility index (Phi) is 3.39. The van der Waals surface area contributed by atoms with Crippen LogP contribution in [0, 0.1) is 11.6 Å². The third-order valence-electron chi connectivity index (χ3n) is 4.25. The molecule has 2 amide bonds. The molecule has 0 atom stereocenters. The van der Waals surface area contributed by atoms with Crippen LogP contribution < -0.4 is 10.2 Å². The minimum Gasteiger partial charge on any atom is -0.342 e. The van der Waals surface area contributed by atoms with Crippen molar-refractivity contribution in [2.45, 2.75) is 37.6 Å².